The van der Waals surface area contributed by atoms with Crippen LogP contribution in [0.1, 0.15) is 23.2 Å². The lowest BCUT2D eigenvalue weighted by molar-refractivity contribution is -0.137. The minimum absolute atomic E-state index is 0.267. The Bertz CT molecular complexity index is 1460. The minimum atomic E-state index is -4.48. The number of hydrogen-bond acceptors (Lipinski definition) is 3. The largest absolute Gasteiger partial charge is 0.465 e. The standard InChI is InChI=1S/C24H19F3N4O3/c25-24(26,27)15-3-6-19(28-12-15)14-7-9-31(22(32)10-14)16-4-5-17-18-13-30(23(33)34)8-1-2-20(18)29-21(17)11-16/h3-7,9-12,29H,1-2,8,13H2,(H,33,34). The van der Waals surface area contributed by atoms with Crippen LogP contribution in [0.15, 0.2) is 59.7 Å². The fourth-order valence-electron chi connectivity index (χ4n) is 4.31. The molecule has 3 aromatic heterocycles. The molecule has 1 aromatic carbocycles. The number of aromatic amines is 1. The van der Waals surface area contributed by atoms with Crippen LogP contribution in [0.3, 0.4) is 0 Å². The number of hydrogen-bond donors (Lipinski definition) is 2. The highest BCUT2D eigenvalue weighted by Crippen LogP contribution is 2.30. The molecule has 0 spiro atoms. The third-order valence-electron chi connectivity index (χ3n) is 6.04. The number of aromatic nitrogens is 3. The monoisotopic (exact) mass is 468 g/mol. The third kappa shape index (κ3) is 3.91. The SMILES string of the molecule is O=C(O)N1CCCc2[nH]c3cc(-n4ccc(-c5ccc(C(F)(F)F)cn5)cc4=O)ccc3c2C1. The molecule has 0 fully saturated rings. The van der Waals surface area contributed by atoms with Gasteiger partial charge in [-0.3, -0.25) is 14.3 Å². The molecule has 0 saturated carbocycles. The number of carbonyl (C=O) groups is 1. The lowest BCUT2D eigenvalue weighted by atomic mass is 10.1. The second kappa shape index (κ2) is 8.05. The predicted molar refractivity (Wildman–Crippen MR) is 119 cm³/mol. The van der Waals surface area contributed by atoms with E-state index in [4.69, 9.17) is 0 Å². The van der Waals surface area contributed by atoms with Crippen LogP contribution in [0.25, 0.3) is 27.8 Å². The summed E-state index contributed by atoms with van der Waals surface area (Å²) in [7, 11) is 0. The van der Waals surface area contributed by atoms with Crippen LogP contribution in [-0.4, -0.2) is 37.2 Å². The second-order valence-corrected chi connectivity index (χ2v) is 8.17. The van der Waals surface area contributed by atoms with Gasteiger partial charge in [-0.05, 0) is 43.2 Å². The van der Waals surface area contributed by atoms with Crippen LogP contribution in [0.4, 0.5) is 18.0 Å². The van der Waals surface area contributed by atoms with Crippen LogP contribution < -0.4 is 5.56 Å². The van der Waals surface area contributed by atoms with E-state index in [1.807, 2.05) is 12.1 Å². The summed E-state index contributed by atoms with van der Waals surface area (Å²) in [5, 5.41) is 10.3. The summed E-state index contributed by atoms with van der Waals surface area (Å²) < 4.78 is 39.7. The quantitative estimate of drug-likeness (QED) is 0.441. The van der Waals surface area contributed by atoms with Crippen molar-refractivity contribution in [2.24, 2.45) is 0 Å². The number of fused-ring (bicyclic) bond motifs is 3. The summed E-state index contributed by atoms with van der Waals surface area (Å²) in [6.45, 7) is 0.783. The summed E-state index contributed by atoms with van der Waals surface area (Å²) in [6, 6.07) is 10.6. The Morgan fingerprint density at radius 3 is 2.62 bits per heavy atom. The highest BCUT2D eigenvalue weighted by atomic mass is 19.4. The molecule has 0 unspecified atom stereocenters. The van der Waals surface area contributed by atoms with Crippen LogP contribution in [-0.2, 0) is 19.1 Å². The summed E-state index contributed by atoms with van der Waals surface area (Å²) in [6.07, 6.45) is -1.67. The number of pyridine rings is 2. The van der Waals surface area contributed by atoms with Crippen LogP contribution in [0.5, 0.6) is 0 Å². The van der Waals surface area contributed by atoms with Crippen LogP contribution >= 0.6 is 0 Å². The van der Waals surface area contributed by atoms with Crippen molar-refractivity contribution in [3.05, 3.63) is 82.0 Å². The molecule has 0 radical (unpaired) electrons. The number of carboxylic acid groups (broad SMARTS) is 1. The molecule has 5 rings (SSSR count). The molecular formula is C24H19F3N4O3. The van der Waals surface area contributed by atoms with Crippen molar-refractivity contribution in [2.45, 2.75) is 25.6 Å². The second-order valence-electron chi connectivity index (χ2n) is 8.17. The van der Waals surface area contributed by atoms with Gasteiger partial charge >= 0.3 is 12.3 Å². The number of amides is 1. The van der Waals surface area contributed by atoms with Gasteiger partial charge in [0.15, 0.2) is 0 Å². The van der Waals surface area contributed by atoms with Gasteiger partial charge in [-0.15, -0.1) is 0 Å². The number of halogens is 3. The van der Waals surface area contributed by atoms with E-state index < -0.39 is 17.8 Å². The minimum Gasteiger partial charge on any atom is -0.465 e. The molecular weight excluding hydrogens is 449 g/mol. The van der Waals surface area contributed by atoms with Crippen molar-refractivity contribution >= 4 is 17.0 Å². The zero-order valence-electron chi connectivity index (χ0n) is 17.8. The molecule has 1 aliphatic rings. The number of nitrogens with one attached hydrogen (secondary N) is 1. The molecule has 7 nitrogen and oxygen atoms in total. The maximum absolute atomic E-state index is 12.8. The zero-order valence-corrected chi connectivity index (χ0v) is 17.8. The van der Waals surface area contributed by atoms with E-state index in [2.05, 4.69) is 9.97 Å². The fourth-order valence-corrected chi connectivity index (χ4v) is 4.31. The molecule has 34 heavy (non-hydrogen) atoms. The summed E-state index contributed by atoms with van der Waals surface area (Å²) in [5.74, 6) is 0. The van der Waals surface area contributed by atoms with Gasteiger partial charge in [0.1, 0.15) is 0 Å². The summed E-state index contributed by atoms with van der Waals surface area (Å²) >= 11 is 0. The Labute approximate surface area is 191 Å². The summed E-state index contributed by atoms with van der Waals surface area (Å²) in [5.41, 5.74) is 2.81. The molecule has 1 aliphatic heterocycles. The van der Waals surface area contributed by atoms with Gasteiger partial charge < -0.3 is 15.0 Å². The molecule has 0 aliphatic carbocycles. The van der Waals surface area contributed by atoms with Crippen molar-refractivity contribution in [1.82, 2.24) is 19.4 Å². The first-order valence-electron chi connectivity index (χ1n) is 10.6. The number of aryl methyl sites for hydroxylation is 1. The molecule has 1 amide bonds. The van der Waals surface area contributed by atoms with E-state index in [1.165, 1.54) is 21.6 Å². The smallest absolute Gasteiger partial charge is 0.417 e. The molecule has 0 atom stereocenters. The molecule has 0 saturated heterocycles. The Kier molecular flexibility index (Phi) is 5.15. The van der Waals surface area contributed by atoms with Gasteiger partial charge in [-0.2, -0.15) is 13.2 Å². The number of alkyl halides is 3. The van der Waals surface area contributed by atoms with E-state index in [0.29, 0.717) is 24.3 Å². The van der Waals surface area contributed by atoms with Crippen molar-refractivity contribution in [3.8, 4) is 16.9 Å². The average Bonchev–Trinajstić information content (AvgIpc) is 2.99. The van der Waals surface area contributed by atoms with Crippen molar-refractivity contribution in [3.63, 3.8) is 0 Å². The molecule has 4 heterocycles. The Morgan fingerprint density at radius 2 is 1.94 bits per heavy atom. The first kappa shape index (κ1) is 21.7. The maximum Gasteiger partial charge on any atom is 0.417 e. The van der Waals surface area contributed by atoms with E-state index >= 15 is 0 Å². The Balaban J connectivity index is 1.47. The lowest BCUT2D eigenvalue weighted by Gasteiger charge is -2.16. The van der Waals surface area contributed by atoms with E-state index in [9.17, 15) is 27.9 Å². The maximum atomic E-state index is 12.8. The van der Waals surface area contributed by atoms with E-state index in [-0.39, 0.29) is 11.3 Å². The lowest BCUT2D eigenvalue weighted by Crippen LogP contribution is -2.28. The molecule has 2 N–H and O–H groups in total. The highest BCUT2D eigenvalue weighted by Gasteiger charge is 2.30. The van der Waals surface area contributed by atoms with Gasteiger partial charge in [0.25, 0.3) is 5.56 Å². The Hall–Kier alpha value is -4.08. The topological polar surface area (TPSA) is 91.2 Å². The predicted octanol–water partition coefficient (Wildman–Crippen LogP) is 4.83. The summed E-state index contributed by atoms with van der Waals surface area (Å²) in [4.78, 5) is 32.9. The first-order valence-corrected chi connectivity index (χ1v) is 10.6. The van der Waals surface area contributed by atoms with Gasteiger partial charge in [0.2, 0.25) is 0 Å². The normalized spacial score (nSPS) is 14.1. The van der Waals surface area contributed by atoms with Gasteiger partial charge in [-0.1, -0.05) is 6.07 Å². The zero-order chi connectivity index (χ0) is 24.0. The van der Waals surface area contributed by atoms with Crippen molar-refractivity contribution in [1.29, 1.82) is 0 Å². The van der Waals surface area contributed by atoms with Crippen LogP contribution in [0, 0.1) is 0 Å². The number of benzene rings is 1. The van der Waals surface area contributed by atoms with Crippen molar-refractivity contribution in [2.75, 3.05) is 6.54 Å². The molecule has 0 bridgehead atoms. The van der Waals surface area contributed by atoms with E-state index in [1.54, 1.807) is 18.3 Å². The van der Waals surface area contributed by atoms with Gasteiger partial charge in [0.05, 0.1) is 23.5 Å². The fraction of sp³-hybridized carbons (Fsp3) is 0.208. The number of nitrogens with zero attached hydrogens (tertiary/aromatic N) is 3. The van der Waals surface area contributed by atoms with Gasteiger partial charge in [0, 0.05) is 52.7 Å². The van der Waals surface area contributed by atoms with Crippen LogP contribution in [0.2, 0.25) is 0 Å². The van der Waals surface area contributed by atoms with Gasteiger partial charge in [-0.25, -0.2) is 4.79 Å². The molecule has 174 valence electrons. The first-order chi connectivity index (χ1) is 16.2. The Morgan fingerprint density at radius 1 is 1.12 bits per heavy atom. The van der Waals surface area contributed by atoms with Crippen molar-refractivity contribution < 1.29 is 23.1 Å². The van der Waals surface area contributed by atoms with E-state index in [0.717, 1.165) is 47.3 Å². The number of H-pyrrole nitrogens is 1. The molecule has 10 heteroatoms. The third-order valence-corrected chi connectivity index (χ3v) is 6.04. The number of rotatable bonds is 2. The average molecular weight is 468 g/mol. The molecule has 4 aromatic rings. The highest BCUT2D eigenvalue weighted by molar-refractivity contribution is 5.87.